The van der Waals surface area contributed by atoms with Crippen molar-refractivity contribution in [2.24, 2.45) is 0 Å². The second kappa shape index (κ2) is 8.87. The first-order valence-corrected chi connectivity index (χ1v) is 9.09. The molecule has 1 unspecified atom stereocenters. The molecule has 1 amide bonds. The monoisotopic (exact) mass is 363 g/mol. The Balaban J connectivity index is 2.46. The summed E-state index contributed by atoms with van der Waals surface area (Å²) in [4.78, 5) is 13.7. The third-order valence-electron chi connectivity index (χ3n) is 3.91. The van der Waals surface area contributed by atoms with E-state index in [0.29, 0.717) is 10.9 Å². The van der Waals surface area contributed by atoms with Gasteiger partial charge in [-0.05, 0) is 44.8 Å². The van der Waals surface area contributed by atoms with Crippen molar-refractivity contribution in [2.45, 2.75) is 24.5 Å². The van der Waals surface area contributed by atoms with E-state index in [1.807, 2.05) is 42.9 Å². The van der Waals surface area contributed by atoms with Crippen molar-refractivity contribution in [1.29, 1.82) is 0 Å². The van der Waals surface area contributed by atoms with E-state index < -0.39 is 0 Å². The molecule has 0 aliphatic rings. The summed E-state index contributed by atoms with van der Waals surface area (Å²) in [6.45, 7) is 2.12. The van der Waals surface area contributed by atoms with Gasteiger partial charge in [0.2, 0.25) is 5.91 Å². The smallest absolute Gasteiger partial charge is 0.230 e. The van der Waals surface area contributed by atoms with Crippen LogP contribution in [0.25, 0.3) is 5.69 Å². The van der Waals surface area contributed by atoms with Crippen LogP contribution in [0.5, 0.6) is 5.75 Å². The van der Waals surface area contributed by atoms with Crippen LogP contribution in [0.2, 0.25) is 0 Å². The van der Waals surface area contributed by atoms with Gasteiger partial charge >= 0.3 is 0 Å². The number of amides is 1. The zero-order chi connectivity index (χ0) is 18.4. The van der Waals surface area contributed by atoms with Gasteiger partial charge in [-0.15, -0.1) is 10.2 Å². The summed E-state index contributed by atoms with van der Waals surface area (Å²) in [6, 6.07) is 7.88. The standard InChI is InChI=1S/C17H25N5O2S/c1-6-14(21(3)4)16-19-20-17(25-11-15(23)18-2)22(16)12-7-9-13(24-5)10-8-12/h7-10,14H,6,11H2,1-5H3,(H,18,23). The number of benzene rings is 1. The Bertz CT molecular complexity index is 700. The Kier molecular flexibility index (Phi) is 6.83. The van der Waals surface area contributed by atoms with E-state index in [2.05, 4.69) is 27.3 Å². The minimum Gasteiger partial charge on any atom is -0.497 e. The zero-order valence-electron chi connectivity index (χ0n) is 15.3. The maximum Gasteiger partial charge on any atom is 0.230 e. The summed E-state index contributed by atoms with van der Waals surface area (Å²) < 4.78 is 7.26. The average Bonchev–Trinajstić information content (AvgIpc) is 3.03. The van der Waals surface area contributed by atoms with Crippen LogP contribution in [0.4, 0.5) is 0 Å². The first-order chi connectivity index (χ1) is 12.0. The number of thioether (sulfide) groups is 1. The first kappa shape index (κ1) is 19.3. The van der Waals surface area contributed by atoms with E-state index in [1.54, 1.807) is 14.2 Å². The van der Waals surface area contributed by atoms with E-state index in [9.17, 15) is 4.79 Å². The highest BCUT2D eigenvalue weighted by molar-refractivity contribution is 7.99. The van der Waals surface area contributed by atoms with Crippen molar-refractivity contribution >= 4 is 17.7 Å². The van der Waals surface area contributed by atoms with Crippen LogP contribution >= 0.6 is 11.8 Å². The minimum atomic E-state index is -0.0458. The van der Waals surface area contributed by atoms with Crippen molar-refractivity contribution in [3.8, 4) is 11.4 Å². The van der Waals surface area contributed by atoms with E-state index in [0.717, 1.165) is 23.7 Å². The fourth-order valence-corrected chi connectivity index (χ4v) is 3.38. The molecule has 136 valence electrons. The lowest BCUT2D eigenvalue weighted by molar-refractivity contribution is -0.118. The van der Waals surface area contributed by atoms with Crippen LogP contribution in [0.3, 0.4) is 0 Å². The molecule has 1 aromatic carbocycles. The number of methoxy groups -OCH3 is 1. The van der Waals surface area contributed by atoms with Crippen LogP contribution in [-0.2, 0) is 4.79 Å². The van der Waals surface area contributed by atoms with E-state index in [-0.39, 0.29) is 11.9 Å². The molecule has 0 aliphatic carbocycles. The lowest BCUT2D eigenvalue weighted by Gasteiger charge is -2.23. The molecule has 0 saturated carbocycles. The van der Waals surface area contributed by atoms with Gasteiger partial charge in [-0.1, -0.05) is 18.7 Å². The Morgan fingerprint density at radius 1 is 1.32 bits per heavy atom. The third-order valence-corrected chi connectivity index (χ3v) is 4.84. The predicted octanol–water partition coefficient (Wildman–Crippen LogP) is 2.13. The maximum atomic E-state index is 11.6. The lowest BCUT2D eigenvalue weighted by atomic mass is 10.2. The molecule has 1 heterocycles. The fraction of sp³-hybridized carbons (Fsp3) is 0.471. The van der Waals surface area contributed by atoms with Gasteiger partial charge in [-0.2, -0.15) is 0 Å². The van der Waals surface area contributed by atoms with E-state index in [4.69, 9.17) is 4.74 Å². The van der Waals surface area contributed by atoms with Crippen LogP contribution in [0.1, 0.15) is 25.2 Å². The molecule has 0 radical (unpaired) electrons. The van der Waals surface area contributed by atoms with Crippen molar-refractivity contribution in [3.05, 3.63) is 30.1 Å². The highest BCUT2D eigenvalue weighted by Crippen LogP contribution is 2.29. The second-order valence-electron chi connectivity index (χ2n) is 5.72. The van der Waals surface area contributed by atoms with Crippen LogP contribution in [-0.4, -0.2) is 59.6 Å². The summed E-state index contributed by atoms with van der Waals surface area (Å²) >= 11 is 1.37. The molecule has 0 saturated heterocycles. The Morgan fingerprint density at radius 2 is 2.00 bits per heavy atom. The second-order valence-corrected chi connectivity index (χ2v) is 6.67. The number of rotatable bonds is 8. The highest BCUT2D eigenvalue weighted by Gasteiger charge is 2.23. The topological polar surface area (TPSA) is 72.3 Å². The molecular formula is C17H25N5O2S. The molecule has 1 N–H and O–H groups in total. The van der Waals surface area contributed by atoms with Crippen LogP contribution < -0.4 is 10.1 Å². The van der Waals surface area contributed by atoms with Gasteiger partial charge in [0.05, 0.1) is 18.9 Å². The number of hydrogen-bond donors (Lipinski definition) is 1. The molecule has 0 fully saturated rings. The molecule has 1 aromatic heterocycles. The Morgan fingerprint density at radius 3 is 2.52 bits per heavy atom. The predicted molar refractivity (Wildman–Crippen MR) is 99.4 cm³/mol. The molecular weight excluding hydrogens is 338 g/mol. The van der Waals surface area contributed by atoms with Gasteiger partial charge in [-0.3, -0.25) is 14.3 Å². The summed E-state index contributed by atoms with van der Waals surface area (Å²) in [6.07, 6.45) is 0.904. The number of hydrogen-bond acceptors (Lipinski definition) is 6. The van der Waals surface area contributed by atoms with Crippen molar-refractivity contribution < 1.29 is 9.53 Å². The van der Waals surface area contributed by atoms with Gasteiger partial charge in [0, 0.05) is 12.7 Å². The fourth-order valence-electron chi connectivity index (χ4n) is 2.55. The third kappa shape index (κ3) is 4.52. The summed E-state index contributed by atoms with van der Waals surface area (Å²) in [5.74, 6) is 1.90. The minimum absolute atomic E-state index is 0.0458. The molecule has 0 aliphatic heterocycles. The van der Waals surface area contributed by atoms with Gasteiger partial charge in [0.1, 0.15) is 5.75 Å². The molecule has 1 atom stereocenters. The SMILES string of the molecule is CCC(c1nnc(SCC(=O)NC)n1-c1ccc(OC)cc1)N(C)C. The van der Waals surface area contributed by atoms with Gasteiger partial charge in [0.15, 0.2) is 11.0 Å². The van der Waals surface area contributed by atoms with E-state index >= 15 is 0 Å². The molecule has 7 nitrogen and oxygen atoms in total. The van der Waals surface area contributed by atoms with Gasteiger partial charge in [0.25, 0.3) is 0 Å². The highest BCUT2D eigenvalue weighted by atomic mass is 32.2. The van der Waals surface area contributed by atoms with Gasteiger partial charge in [-0.25, -0.2) is 0 Å². The molecule has 8 heteroatoms. The molecule has 0 bridgehead atoms. The van der Waals surface area contributed by atoms with Crippen LogP contribution in [0.15, 0.2) is 29.4 Å². The number of carbonyl (C=O) groups excluding carboxylic acids is 1. The largest absolute Gasteiger partial charge is 0.497 e. The molecule has 2 rings (SSSR count). The summed E-state index contributed by atoms with van der Waals surface area (Å²) in [7, 11) is 7.32. The number of ether oxygens (including phenoxy) is 1. The average molecular weight is 363 g/mol. The lowest BCUT2D eigenvalue weighted by Crippen LogP contribution is -2.23. The molecule has 0 spiro atoms. The number of nitrogens with zero attached hydrogens (tertiary/aromatic N) is 4. The van der Waals surface area contributed by atoms with E-state index in [1.165, 1.54) is 11.8 Å². The number of nitrogens with one attached hydrogen (secondary N) is 1. The zero-order valence-corrected chi connectivity index (χ0v) is 16.1. The summed E-state index contributed by atoms with van der Waals surface area (Å²) in [5.41, 5.74) is 0.945. The van der Waals surface area contributed by atoms with Crippen LogP contribution in [0, 0.1) is 0 Å². The normalized spacial score (nSPS) is 12.2. The first-order valence-electron chi connectivity index (χ1n) is 8.11. The number of aromatic nitrogens is 3. The summed E-state index contributed by atoms with van der Waals surface area (Å²) in [5, 5.41) is 12.1. The molecule has 2 aromatic rings. The maximum absolute atomic E-state index is 11.6. The number of carbonyl (C=O) groups is 1. The Hall–Kier alpha value is -2.06. The van der Waals surface area contributed by atoms with Gasteiger partial charge < -0.3 is 10.1 Å². The van der Waals surface area contributed by atoms with Crippen molar-refractivity contribution in [1.82, 2.24) is 25.0 Å². The van der Waals surface area contributed by atoms with Crippen molar-refractivity contribution in [2.75, 3.05) is 34.0 Å². The quantitative estimate of drug-likeness (QED) is 0.725. The molecule has 25 heavy (non-hydrogen) atoms. The van der Waals surface area contributed by atoms with Crippen molar-refractivity contribution in [3.63, 3.8) is 0 Å². The Labute approximate surface area is 152 Å².